The molecule has 0 bridgehead atoms. The summed E-state index contributed by atoms with van der Waals surface area (Å²) in [6.45, 7) is 3.84. The Hall–Kier alpha value is -1.95. The molecule has 1 N–H and O–H groups in total. The van der Waals surface area contributed by atoms with Gasteiger partial charge < -0.3 is 24.4 Å². The van der Waals surface area contributed by atoms with Crippen LogP contribution in [0.1, 0.15) is 24.8 Å². The largest absolute Gasteiger partial charge is 0.493 e. The molecule has 2 aliphatic heterocycles. The molecule has 1 aromatic carbocycles. The Kier molecular flexibility index (Phi) is 5.37. The standard InChI is InChI=1S/C19H28N2O4/c1-23-15-9-14(10-16(24-2)18(15)25-3)11-17(22)21-8-6-19(13-21)5-4-7-20-12-19/h9-10,20H,4-8,11-13H2,1-3H3/t19-/m1/s1. The Bertz CT molecular complexity index is 601. The molecule has 0 aliphatic carbocycles. The summed E-state index contributed by atoms with van der Waals surface area (Å²) < 4.78 is 16.1. The molecule has 1 spiro atoms. The molecule has 1 atom stereocenters. The fraction of sp³-hybridized carbons (Fsp3) is 0.632. The van der Waals surface area contributed by atoms with Crippen molar-refractivity contribution >= 4 is 5.91 Å². The van der Waals surface area contributed by atoms with E-state index >= 15 is 0 Å². The molecule has 25 heavy (non-hydrogen) atoms. The number of ether oxygens (including phenoxy) is 3. The van der Waals surface area contributed by atoms with E-state index in [1.807, 2.05) is 17.0 Å². The smallest absolute Gasteiger partial charge is 0.227 e. The normalized spacial score (nSPS) is 22.9. The number of hydrogen-bond donors (Lipinski definition) is 1. The number of likely N-dealkylation sites (tertiary alicyclic amines) is 1. The average molecular weight is 348 g/mol. The van der Waals surface area contributed by atoms with E-state index in [0.29, 0.717) is 23.7 Å². The van der Waals surface area contributed by atoms with Gasteiger partial charge in [-0.2, -0.15) is 0 Å². The number of piperidine rings is 1. The molecule has 0 radical (unpaired) electrons. The van der Waals surface area contributed by atoms with Crippen molar-refractivity contribution < 1.29 is 19.0 Å². The van der Waals surface area contributed by atoms with E-state index in [1.165, 1.54) is 12.8 Å². The van der Waals surface area contributed by atoms with E-state index in [2.05, 4.69) is 5.32 Å². The highest BCUT2D eigenvalue weighted by Gasteiger charge is 2.40. The topological polar surface area (TPSA) is 60.0 Å². The zero-order valence-electron chi connectivity index (χ0n) is 15.4. The molecule has 0 saturated carbocycles. The van der Waals surface area contributed by atoms with Crippen LogP contribution in [0, 0.1) is 5.41 Å². The van der Waals surface area contributed by atoms with Crippen LogP contribution in [0.5, 0.6) is 17.2 Å². The summed E-state index contributed by atoms with van der Waals surface area (Å²) in [5.41, 5.74) is 1.16. The minimum Gasteiger partial charge on any atom is -0.493 e. The first-order valence-corrected chi connectivity index (χ1v) is 8.88. The summed E-state index contributed by atoms with van der Waals surface area (Å²) in [6, 6.07) is 3.71. The van der Waals surface area contributed by atoms with Crippen molar-refractivity contribution in [3.05, 3.63) is 17.7 Å². The Labute approximate surface area is 149 Å². The molecule has 2 saturated heterocycles. The maximum Gasteiger partial charge on any atom is 0.227 e. The lowest BCUT2D eigenvalue weighted by Gasteiger charge is -2.33. The fourth-order valence-electron chi connectivity index (χ4n) is 4.05. The van der Waals surface area contributed by atoms with Gasteiger partial charge in [0.05, 0.1) is 27.8 Å². The highest BCUT2D eigenvalue weighted by atomic mass is 16.5. The van der Waals surface area contributed by atoms with Crippen LogP contribution in [0.3, 0.4) is 0 Å². The second-order valence-corrected chi connectivity index (χ2v) is 7.06. The van der Waals surface area contributed by atoms with Crippen molar-refractivity contribution in [2.24, 2.45) is 5.41 Å². The quantitative estimate of drug-likeness (QED) is 0.880. The van der Waals surface area contributed by atoms with E-state index in [-0.39, 0.29) is 11.3 Å². The van der Waals surface area contributed by atoms with E-state index in [9.17, 15) is 4.79 Å². The summed E-state index contributed by atoms with van der Waals surface area (Å²) in [5.74, 6) is 1.88. The Balaban J connectivity index is 1.71. The van der Waals surface area contributed by atoms with Crippen LogP contribution in [0.4, 0.5) is 0 Å². The molecule has 6 heteroatoms. The van der Waals surface area contributed by atoms with Crippen molar-refractivity contribution in [1.29, 1.82) is 0 Å². The summed E-state index contributed by atoms with van der Waals surface area (Å²) in [4.78, 5) is 14.8. The van der Waals surface area contributed by atoms with Crippen LogP contribution in [-0.4, -0.2) is 58.3 Å². The second-order valence-electron chi connectivity index (χ2n) is 7.06. The van der Waals surface area contributed by atoms with E-state index < -0.39 is 0 Å². The second kappa shape index (κ2) is 7.52. The lowest BCUT2D eigenvalue weighted by molar-refractivity contribution is -0.129. The first-order valence-electron chi connectivity index (χ1n) is 8.88. The fourth-order valence-corrected chi connectivity index (χ4v) is 4.05. The van der Waals surface area contributed by atoms with Crippen molar-refractivity contribution in [1.82, 2.24) is 10.2 Å². The molecule has 0 unspecified atom stereocenters. The summed E-state index contributed by atoms with van der Waals surface area (Å²) in [6.07, 6.45) is 3.87. The van der Waals surface area contributed by atoms with Crippen LogP contribution in [0.25, 0.3) is 0 Å². The SMILES string of the molecule is COc1cc(CC(=O)N2CC[C@@]3(CCCNC3)C2)cc(OC)c1OC. The molecular weight excluding hydrogens is 320 g/mol. The van der Waals surface area contributed by atoms with Crippen LogP contribution in [0.15, 0.2) is 12.1 Å². The number of benzene rings is 1. The molecular formula is C19H28N2O4. The molecule has 2 aliphatic rings. The Morgan fingerprint density at radius 3 is 2.44 bits per heavy atom. The third-order valence-electron chi connectivity index (χ3n) is 5.43. The predicted molar refractivity (Wildman–Crippen MR) is 95.5 cm³/mol. The molecule has 1 aromatic rings. The van der Waals surface area contributed by atoms with Gasteiger partial charge in [-0.25, -0.2) is 0 Å². The molecule has 138 valence electrons. The Morgan fingerprint density at radius 2 is 1.88 bits per heavy atom. The van der Waals surface area contributed by atoms with Gasteiger partial charge in [-0.15, -0.1) is 0 Å². The number of amides is 1. The monoisotopic (exact) mass is 348 g/mol. The maximum absolute atomic E-state index is 12.8. The van der Waals surface area contributed by atoms with Crippen LogP contribution < -0.4 is 19.5 Å². The highest BCUT2D eigenvalue weighted by molar-refractivity contribution is 5.79. The number of methoxy groups -OCH3 is 3. The highest BCUT2D eigenvalue weighted by Crippen LogP contribution is 2.39. The summed E-state index contributed by atoms with van der Waals surface area (Å²) in [5, 5.41) is 3.48. The lowest BCUT2D eigenvalue weighted by atomic mass is 9.80. The van der Waals surface area contributed by atoms with E-state index in [1.54, 1.807) is 21.3 Å². The zero-order valence-corrected chi connectivity index (χ0v) is 15.4. The first kappa shape index (κ1) is 17.9. The van der Waals surface area contributed by atoms with Gasteiger partial charge in [0.1, 0.15) is 0 Å². The molecule has 6 nitrogen and oxygen atoms in total. The van der Waals surface area contributed by atoms with Crippen molar-refractivity contribution in [2.45, 2.75) is 25.7 Å². The minimum absolute atomic E-state index is 0.164. The summed E-state index contributed by atoms with van der Waals surface area (Å²) in [7, 11) is 4.75. The Morgan fingerprint density at radius 1 is 1.16 bits per heavy atom. The number of nitrogens with one attached hydrogen (secondary N) is 1. The van der Waals surface area contributed by atoms with Gasteiger partial charge in [0.15, 0.2) is 11.5 Å². The van der Waals surface area contributed by atoms with Gasteiger partial charge in [0, 0.05) is 25.0 Å². The van der Waals surface area contributed by atoms with Gasteiger partial charge in [0.25, 0.3) is 0 Å². The number of carbonyl (C=O) groups is 1. The number of hydrogen-bond acceptors (Lipinski definition) is 5. The van der Waals surface area contributed by atoms with Gasteiger partial charge in [-0.1, -0.05) is 0 Å². The number of rotatable bonds is 5. The third-order valence-corrected chi connectivity index (χ3v) is 5.43. The molecule has 3 rings (SSSR count). The maximum atomic E-state index is 12.8. The summed E-state index contributed by atoms with van der Waals surface area (Å²) >= 11 is 0. The molecule has 2 fully saturated rings. The minimum atomic E-state index is 0.164. The first-order chi connectivity index (χ1) is 12.1. The van der Waals surface area contributed by atoms with Gasteiger partial charge in [-0.3, -0.25) is 4.79 Å². The van der Waals surface area contributed by atoms with Crippen LogP contribution >= 0.6 is 0 Å². The molecule has 0 aromatic heterocycles. The number of nitrogens with zero attached hydrogens (tertiary/aromatic N) is 1. The molecule has 2 heterocycles. The lowest BCUT2D eigenvalue weighted by Crippen LogP contribution is -2.42. The molecule has 1 amide bonds. The zero-order chi connectivity index (χ0) is 17.9. The van der Waals surface area contributed by atoms with Gasteiger partial charge >= 0.3 is 0 Å². The van der Waals surface area contributed by atoms with E-state index in [4.69, 9.17) is 14.2 Å². The third kappa shape index (κ3) is 3.68. The van der Waals surface area contributed by atoms with Crippen molar-refractivity contribution in [3.8, 4) is 17.2 Å². The van der Waals surface area contributed by atoms with Gasteiger partial charge in [-0.05, 0) is 43.5 Å². The van der Waals surface area contributed by atoms with Crippen LogP contribution in [-0.2, 0) is 11.2 Å². The average Bonchev–Trinajstić information content (AvgIpc) is 3.04. The van der Waals surface area contributed by atoms with E-state index in [0.717, 1.165) is 38.2 Å². The number of carbonyl (C=O) groups excluding carboxylic acids is 1. The van der Waals surface area contributed by atoms with Crippen molar-refractivity contribution in [3.63, 3.8) is 0 Å². The van der Waals surface area contributed by atoms with Crippen molar-refractivity contribution in [2.75, 3.05) is 47.5 Å². The van der Waals surface area contributed by atoms with Gasteiger partial charge in [0.2, 0.25) is 11.7 Å². The predicted octanol–water partition coefficient (Wildman–Crippen LogP) is 1.86. The van der Waals surface area contributed by atoms with Crippen LogP contribution in [0.2, 0.25) is 0 Å².